The van der Waals surface area contributed by atoms with Crippen molar-refractivity contribution in [1.29, 1.82) is 0 Å². The zero-order valence-electron chi connectivity index (χ0n) is 15.3. The number of halogens is 4. The number of nitrogens with one attached hydrogen (secondary N) is 1. The second-order valence-electron chi connectivity index (χ2n) is 6.07. The van der Waals surface area contributed by atoms with Gasteiger partial charge in [0.1, 0.15) is 12.4 Å². The van der Waals surface area contributed by atoms with Crippen LogP contribution in [0.4, 0.5) is 24.9 Å². The van der Waals surface area contributed by atoms with Gasteiger partial charge in [-0.1, -0.05) is 23.7 Å². The van der Waals surface area contributed by atoms with Gasteiger partial charge in [0.05, 0.1) is 17.8 Å². The third-order valence-electron chi connectivity index (χ3n) is 4.01. The molecule has 29 heavy (non-hydrogen) atoms. The number of hydrogen-bond acceptors (Lipinski definition) is 6. The minimum Gasteiger partial charge on any atom is -0.476 e. The van der Waals surface area contributed by atoms with E-state index >= 15 is 0 Å². The van der Waals surface area contributed by atoms with Crippen LogP contribution in [-0.4, -0.2) is 28.1 Å². The first-order chi connectivity index (χ1) is 13.7. The fourth-order valence-corrected chi connectivity index (χ4v) is 2.72. The van der Waals surface area contributed by atoms with Gasteiger partial charge in [-0.3, -0.25) is 0 Å². The van der Waals surface area contributed by atoms with Crippen molar-refractivity contribution in [3.8, 4) is 17.1 Å². The van der Waals surface area contributed by atoms with Crippen molar-refractivity contribution in [2.24, 2.45) is 0 Å². The summed E-state index contributed by atoms with van der Waals surface area (Å²) in [5.41, 5.74) is 7.29. The molecule has 1 aromatic carbocycles. The standard InChI is InChI=1S/C19H17ClF3N5O/c1-11-13(3-2-4-14(11)20)15-9-16(28-18(24)27-15)25-7-8-29-17-6-5-12(10-26-17)19(21,22)23/h2-6,9-10H,7-8H2,1H3,(H3,24,25,27,28). The van der Waals surface area contributed by atoms with Gasteiger partial charge in [-0.05, 0) is 24.6 Å². The number of benzene rings is 1. The van der Waals surface area contributed by atoms with E-state index in [0.717, 1.165) is 23.4 Å². The molecule has 0 atom stereocenters. The molecule has 0 amide bonds. The van der Waals surface area contributed by atoms with E-state index in [2.05, 4.69) is 20.3 Å². The van der Waals surface area contributed by atoms with Gasteiger partial charge < -0.3 is 15.8 Å². The summed E-state index contributed by atoms with van der Waals surface area (Å²) in [6, 6.07) is 9.31. The van der Waals surface area contributed by atoms with Crippen LogP contribution in [-0.2, 0) is 6.18 Å². The second kappa shape index (κ2) is 8.52. The highest BCUT2D eigenvalue weighted by Gasteiger charge is 2.30. The van der Waals surface area contributed by atoms with E-state index in [1.54, 1.807) is 12.1 Å². The number of pyridine rings is 1. The van der Waals surface area contributed by atoms with Crippen LogP contribution in [0.25, 0.3) is 11.3 Å². The minimum atomic E-state index is -4.43. The average molecular weight is 424 g/mol. The molecule has 0 fully saturated rings. The van der Waals surface area contributed by atoms with Gasteiger partial charge >= 0.3 is 6.18 Å². The Kier molecular flexibility index (Phi) is 6.07. The van der Waals surface area contributed by atoms with Crippen molar-refractivity contribution in [1.82, 2.24) is 15.0 Å². The maximum absolute atomic E-state index is 12.5. The molecule has 2 heterocycles. The molecule has 0 aliphatic rings. The molecule has 10 heteroatoms. The summed E-state index contributed by atoms with van der Waals surface area (Å²) < 4.78 is 42.9. The Morgan fingerprint density at radius 2 is 1.97 bits per heavy atom. The number of ether oxygens (including phenoxy) is 1. The van der Waals surface area contributed by atoms with E-state index < -0.39 is 11.7 Å². The predicted molar refractivity (Wildman–Crippen MR) is 105 cm³/mol. The molecule has 0 aliphatic carbocycles. The van der Waals surface area contributed by atoms with Crippen molar-refractivity contribution in [3.05, 3.63) is 58.7 Å². The second-order valence-corrected chi connectivity index (χ2v) is 6.47. The number of hydrogen-bond donors (Lipinski definition) is 2. The quantitative estimate of drug-likeness (QED) is 0.564. The van der Waals surface area contributed by atoms with Crippen LogP contribution in [0.5, 0.6) is 5.88 Å². The molecule has 2 aromatic heterocycles. The summed E-state index contributed by atoms with van der Waals surface area (Å²) in [6.45, 7) is 2.37. The van der Waals surface area contributed by atoms with Crippen LogP contribution in [0.1, 0.15) is 11.1 Å². The van der Waals surface area contributed by atoms with E-state index in [1.807, 2.05) is 19.1 Å². The highest BCUT2D eigenvalue weighted by Crippen LogP contribution is 2.30. The third kappa shape index (κ3) is 5.26. The first-order valence-corrected chi connectivity index (χ1v) is 8.92. The monoisotopic (exact) mass is 423 g/mol. The zero-order chi connectivity index (χ0) is 21.0. The summed E-state index contributed by atoms with van der Waals surface area (Å²) in [7, 11) is 0. The fraction of sp³-hybridized carbons (Fsp3) is 0.211. The number of nitrogens with two attached hydrogens (primary N) is 1. The maximum atomic E-state index is 12.5. The molecule has 0 saturated heterocycles. The molecule has 0 saturated carbocycles. The Morgan fingerprint density at radius 3 is 2.66 bits per heavy atom. The molecule has 0 unspecified atom stereocenters. The number of anilines is 2. The molecular weight excluding hydrogens is 407 g/mol. The SMILES string of the molecule is Cc1c(Cl)cccc1-c1cc(NCCOc2ccc(C(F)(F)F)cn2)nc(N)n1. The van der Waals surface area contributed by atoms with E-state index in [0.29, 0.717) is 23.1 Å². The first kappa shape index (κ1) is 20.7. The molecule has 0 radical (unpaired) electrons. The maximum Gasteiger partial charge on any atom is 0.417 e. The lowest BCUT2D eigenvalue weighted by Gasteiger charge is -2.11. The summed E-state index contributed by atoms with van der Waals surface area (Å²) in [5.74, 6) is 0.669. The van der Waals surface area contributed by atoms with E-state index in [1.165, 1.54) is 6.07 Å². The number of nitrogens with zero attached hydrogens (tertiary/aromatic N) is 3. The lowest BCUT2D eigenvalue weighted by atomic mass is 10.1. The van der Waals surface area contributed by atoms with Crippen molar-refractivity contribution in [2.45, 2.75) is 13.1 Å². The summed E-state index contributed by atoms with van der Waals surface area (Å²) in [5, 5.41) is 3.66. The van der Waals surface area contributed by atoms with Gasteiger partial charge in [-0.25, -0.2) is 9.97 Å². The smallest absolute Gasteiger partial charge is 0.417 e. The van der Waals surface area contributed by atoms with Crippen LogP contribution in [0.15, 0.2) is 42.6 Å². The lowest BCUT2D eigenvalue weighted by molar-refractivity contribution is -0.137. The Morgan fingerprint density at radius 1 is 1.17 bits per heavy atom. The molecule has 3 rings (SSSR count). The van der Waals surface area contributed by atoms with Crippen LogP contribution in [0, 0.1) is 6.92 Å². The molecule has 0 bridgehead atoms. The third-order valence-corrected chi connectivity index (χ3v) is 4.42. The molecule has 0 aliphatic heterocycles. The molecule has 3 aromatic rings. The van der Waals surface area contributed by atoms with Crippen molar-refractivity contribution in [2.75, 3.05) is 24.2 Å². The van der Waals surface area contributed by atoms with E-state index in [-0.39, 0.29) is 18.4 Å². The summed E-state index contributed by atoms with van der Waals surface area (Å²) >= 11 is 6.16. The zero-order valence-corrected chi connectivity index (χ0v) is 16.1. The normalized spacial score (nSPS) is 11.3. The van der Waals surface area contributed by atoms with Crippen LogP contribution in [0.3, 0.4) is 0 Å². The highest BCUT2D eigenvalue weighted by atomic mass is 35.5. The Bertz CT molecular complexity index is 996. The van der Waals surface area contributed by atoms with Crippen LogP contribution in [0.2, 0.25) is 5.02 Å². The number of aromatic nitrogens is 3. The molecule has 0 spiro atoms. The van der Waals surface area contributed by atoms with Crippen molar-refractivity contribution < 1.29 is 17.9 Å². The van der Waals surface area contributed by atoms with Gasteiger partial charge in [-0.2, -0.15) is 18.2 Å². The van der Waals surface area contributed by atoms with Gasteiger partial charge in [0, 0.05) is 28.9 Å². The molecule has 6 nitrogen and oxygen atoms in total. The van der Waals surface area contributed by atoms with Gasteiger partial charge in [0.25, 0.3) is 0 Å². The van der Waals surface area contributed by atoms with Crippen molar-refractivity contribution in [3.63, 3.8) is 0 Å². The van der Waals surface area contributed by atoms with Crippen LogP contribution >= 0.6 is 11.6 Å². The predicted octanol–water partition coefficient (Wildman–Crippen LogP) is 4.59. The number of alkyl halides is 3. The van der Waals surface area contributed by atoms with E-state index in [9.17, 15) is 13.2 Å². The molecule has 3 N–H and O–H groups in total. The van der Waals surface area contributed by atoms with Gasteiger partial charge in [-0.15, -0.1) is 0 Å². The van der Waals surface area contributed by atoms with Gasteiger partial charge in [0.15, 0.2) is 0 Å². The Balaban J connectivity index is 1.61. The first-order valence-electron chi connectivity index (χ1n) is 8.54. The highest BCUT2D eigenvalue weighted by molar-refractivity contribution is 6.31. The number of rotatable bonds is 6. The molecule has 152 valence electrons. The summed E-state index contributed by atoms with van der Waals surface area (Å²) in [4.78, 5) is 12.0. The topological polar surface area (TPSA) is 86.0 Å². The van der Waals surface area contributed by atoms with Gasteiger partial charge in [0.2, 0.25) is 11.8 Å². The fourth-order valence-electron chi connectivity index (χ4n) is 2.55. The Hall–Kier alpha value is -3.07. The average Bonchev–Trinajstić information content (AvgIpc) is 2.66. The number of nitrogen functional groups attached to an aromatic ring is 1. The minimum absolute atomic E-state index is 0.0923. The van der Waals surface area contributed by atoms with Crippen molar-refractivity contribution >= 4 is 23.4 Å². The molecular formula is C19H17ClF3N5O. The lowest BCUT2D eigenvalue weighted by Crippen LogP contribution is -2.14. The van der Waals surface area contributed by atoms with E-state index in [4.69, 9.17) is 22.1 Å². The summed E-state index contributed by atoms with van der Waals surface area (Å²) in [6.07, 6.45) is -3.70. The largest absolute Gasteiger partial charge is 0.476 e. The van der Waals surface area contributed by atoms with Crippen LogP contribution < -0.4 is 15.8 Å². The Labute approximate surface area is 169 Å².